The summed E-state index contributed by atoms with van der Waals surface area (Å²) >= 11 is 6.12. The number of hydrogen-bond acceptors (Lipinski definition) is 2. The second kappa shape index (κ2) is 3.83. The van der Waals surface area contributed by atoms with Gasteiger partial charge >= 0.3 is 0 Å². The molecule has 1 heterocycles. The number of aryl methyl sites for hydroxylation is 1. The third kappa shape index (κ3) is 1.85. The summed E-state index contributed by atoms with van der Waals surface area (Å²) < 4.78 is 2.01. The van der Waals surface area contributed by atoms with Crippen molar-refractivity contribution in [3.63, 3.8) is 0 Å². The summed E-state index contributed by atoms with van der Waals surface area (Å²) in [7, 11) is 1.97. The van der Waals surface area contributed by atoms with Crippen LogP contribution in [0.4, 0.5) is 0 Å². The van der Waals surface area contributed by atoms with Crippen molar-refractivity contribution in [3.8, 4) is 0 Å². The minimum absolute atomic E-state index is 0.110. The van der Waals surface area contributed by atoms with Crippen LogP contribution in [0, 0.1) is 0 Å². The number of benzene rings is 1. The summed E-state index contributed by atoms with van der Waals surface area (Å²) in [4.78, 5) is 4.51. The molecule has 0 fully saturated rings. The number of fused-ring (bicyclic) bond motifs is 1. The molecule has 1 atom stereocenters. The van der Waals surface area contributed by atoms with Gasteiger partial charge in [-0.15, -0.1) is 0 Å². The van der Waals surface area contributed by atoms with Crippen LogP contribution in [-0.4, -0.2) is 15.6 Å². The highest BCUT2D eigenvalue weighted by molar-refractivity contribution is 6.35. The highest BCUT2D eigenvalue weighted by atomic mass is 35.5. The lowest BCUT2D eigenvalue weighted by Crippen LogP contribution is -2.19. The maximum Gasteiger partial charge on any atom is 0.111 e. The first-order valence-corrected chi connectivity index (χ1v) is 5.33. The first-order valence-electron chi connectivity index (χ1n) is 4.95. The van der Waals surface area contributed by atoms with Crippen LogP contribution >= 0.6 is 11.6 Å². The first kappa shape index (κ1) is 10.5. The predicted octanol–water partition coefficient (Wildman–Crippen LogP) is 2.12. The molecule has 1 unspecified atom stereocenters. The fourth-order valence-electron chi connectivity index (χ4n) is 1.74. The number of hydrogen-bond donors (Lipinski definition) is 1. The van der Waals surface area contributed by atoms with E-state index in [1.165, 1.54) is 0 Å². The molecule has 0 saturated heterocycles. The zero-order chi connectivity index (χ0) is 11.0. The second-order valence-electron chi connectivity index (χ2n) is 3.88. The Hall–Kier alpha value is -1.06. The van der Waals surface area contributed by atoms with Gasteiger partial charge in [-0.2, -0.15) is 0 Å². The van der Waals surface area contributed by atoms with E-state index in [4.69, 9.17) is 17.3 Å². The lowest BCUT2D eigenvalue weighted by Gasteiger charge is -2.05. The van der Waals surface area contributed by atoms with Crippen molar-refractivity contribution in [1.29, 1.82) is 0 Å². The molecule has 0 aliphatic heterocycles. The Balaban J connectivity index is 2.59. The Bertz CT molecular complexity index is 488. The number of halogens is 1. The molecule has 0 spiro atoms. The first-order chi connectivity index (χ1) is 7.09. The third-order valence-electron chi connectivity index (χ3n) is 2.44. The minimum atomic E-state index is 0.110. The molecule has 0 radical (unpaired) electrons. The van der Waals surface area contributed by atoms with Gasteiger partial charge in [-0.3, -0.25) is 0 Å². The average Bonchev–Trinajstić information content (AvgIpc) is 2.44. The van der Waals surface area contributed by atoms with Gasteiger partial charge in [0.1, 0.15) is 5.82 Å². The quantitative estimate of drug-likeness (QED) is 0.848. The van der Waals surface area contributed by atoms with Crippen molar-refractivity contribution in [1.82, 2.24) is 9.55 Å². The Morgan fingerprint density at radius 1 is 1.53 bits per heavy atom. The van der Waals surface area contributed by atoms with Gasteiger partial charge in [0.05, 0.1) is 16.1 Å². The van der Waals surface area contributed by atoms with Gasteiger partial charge in [0.25, 0.3) is 0 Å². The van der Waals surface area contributed by atoms with Crippen molar-refractivity contribution in [3.05, 3.63) is 29.0 Å². The van der Waals surface area contributed by atoms with E-state index >= 15 is 0 Å². The normalized spacial score (nSPS) is 13.3. The monoisotopic (exact) mass is 223 g/mol. The Kier molecular flexibility index (Phi) is 2.67. The summed E-state index contributed by atoms with van der Waals surface area (Å²) in [6.45, 7) is 1.97. The van der Waals surface area contributed by atoms with E-state index < -0.39 is 0 Å². The van der Waals surface area contributed by atoms with Crippen LogP contribution < -0.4 is 5.73 Å². The Morgan fingerprint density at radius 2 is 2.27 bits per heavy atom. The predicted molar refractivity (Wildman–Crippen MR) is 63.1 cm³/mol. The molecule has 2 rings (SSSR count). The average molecular weight is 224 g/mol. The summed E-state index contributed by atoms with van der Waals surface area (Å²) in [5.74, 6) is 0.980. The van der Waals surface area contributed by atoms with Crippen molar-refractivity contribution in [2.45, 2.75) is 19.4 Å². The molecule has 80 valence electrons. The molecule has 2 N–H and O–H groups in total. The van der Waals surface area contributed by atoms with Crippen LogP contribution in [-0.2, 0) is 13.5 Å². The molecule has 1 aromatic heterocycles. The van der Waals surface area contributed by atoms with Crippen LogP contribution in [0.5, 0.6) is 0 Å². The summed E-state index contributed by atoms with van der Waals surface area (Å²) in [5, 5.41) is 0.735. The fourth-order valence-corrected chi connectivity index (χ4v) is 2.04. The fraction of sp³-hybridized carbons (Fsp3) is 0.364. The van der Waals surface area contributed by atoms with Crippen molar-refractivity contribution in [2.75, 3.05) is 0 Å². The molecular weight excluding hydrogens is 210 g/mol. The second-order valence-corrected chi connectivity index (χ2v) is 4.28. The lowest BCUT2D eigenvalue weighted by atomic mass is 10.2. The topological polar surface area (TPSA) is 43.8 Å². The molecule has 0 amide bonds. The summed E-state index contributed by atoms with van der Waals surface area (Å²) in [6.07, 6.45) is 0.765. The number of aromatic nitrogens is 2. The summed E-state index contributed by atoms with van der Waals surface area (Å²) in [5.41, 5.74) is 7.68. The van der Waals surface area contributed by atoms with Gasteiger partial charge in [0, 0.05) is 19.5 Å². The molecule has 0 saturated carbocycles. The van der Waals surface area contributed by atoms with Crippen molar-refractivity contribution in [2.24, 2.45) is 12.8 Å². The van der Waals surface area contributed by atoms with Gasteiger partial charge in [-0.1, -0.05) is 17.7 Å². The lowest BCUT2D eigenvalue weighted by molar-refractivity contribution is 0.678. The summed E-state index contributed by atoms with van der Waals surface area (Å²) in [6, 6.07) is 5.86. The minimum Gasteiger partial charge on any atom is -0.330 e. The van der Waals surface area contributed by atoms with Crippen LogP contribution in [0.15, 0.2) is 18.2 Å². The van der Waals surface area contributed by atoms with E-state index in [9.17, 15) is 0 Å². The number of imidazole rings is 1. The SMILES string of the molecule is CC(N)Cc1nc2cccc(Cl)c2n1C. The molecule has 0 aliphatic carbocycles. The Morgan fingerprint density at radius 3 is 2.87 bits per heavy atom. The largest absolute Gasteiger partial charge is 0.330 e. The molecule has 0 bridgehead atoms. The van der Waals surface area contributed by atoms with E-state index in [0.29, 0.717) is 0 Å². The van der Waals surface area contributed by atoms with Crippen LogP contribution in [0.2, 0.25) is 5.02 Å². The van der Waals surface area contributed by atoms with Crippen LogP contribution in [0.3, 0.4) is 0 Å². The van der Waals surface area contributed by atoms with Gasteiger partial charge < -0.3 is 10.3 Å². The maximum absolute atomic E-state index is 6.12. The molecule has 2 aromatic rings. The molecule has 1 aromatic carbocycles. The smallest absolute Gasteiger partial charge is 0.111 e. The number of nitrogens with two attached hydrogens (primary N) is 1. The molecule has 3 nitrogen and oxygen atoms in total. The molecular formula is C11H14ClN3. The van der Waals surface area contributed by atoms with E-state index in [2.05, 4.69) is 4.98 Å². The van der Waals surface area contributed by atoms with E-state index in [-0.39, 0.29) is 6.04 Å². The Labute approximate surface area is 93.9 Å². The van der Waals surface area contributed by atoms with Gasteiger partial charge in [0.2, 0.25) is 0 Å². The van der Waals surface area contributed by atoms with Gasteiger partial charge in [0.15, 0.2) is 0 Å². The van der Waals surface area contributed by atoms with Gasteiger partial charge in [-0.05, 0) is 19.1 Å². The number of rotatable bonds is 2. The highest BCUT2D eigenvalue weighted by Gasteiger charge is 2.11. The number of para-hydroxylation sites is 1. The van der Waals surface area contributed by atoms with Crippen LogP contribution in [0.1, 0.15) is 12.7 Å². The van der Waals surface area contributed by atoms with Gasteiger partial charge in [-0.25, -0.2) is 4.98 Å². The zero-order valence-electron chi connectivity index (χ0n) is 8.87. The van der Waals surface area contributed by atoms with E-state index in [1.54, 1.807) is 0 Å². The van der Waals surface area contributed by atoms with Crippen molar-refractivity contribution < 1.29 is 0 Å². The molecule has 15 heavy (non-hydrogen) atoms. The maximum atomic E-state index is 6.12. The van der Waals surface area contributed by atoms with E-state index in [1.807, 2.05) is 36.7 Å². The van der Waals surface area contributed by atoms with Crippen molar-refractivity contribution >= 4 is 22.6 Å². The zero-order valence-corrected chi connectivity index (χ0v) is 9.62. The van der Waals surface area contributed by atoms with Crippen LogP contribution in [0.25, 0.3) is 11.0 Å². The van der Waals surface area contributed by atoms with E-state index in [0.717, 1.165) is 28.3 Å². The number of nitrogens with zero attached hydrogens (tertiary/aromatic N) is 2. The molecule has 0 aliphatic rings. The highest BCUT2D eigenvalue weighted by Crippen LogP contribution is 2.23. The molecule has 4 heteroatoms. The third-order valence-corrected chi connectivity index (χ3v) is 2.75. The standard InChI is InChI=1S/C11H14ClN3/c1-7(13)6-10-14-9-5-3-4-8(12)11(9)15(10)2/h3-5,7H,6,13H2,1-2H3.